The number of nitrogens with zero attached hydrogens (tertiary/aromatic N) is 6. The predicted octanol–water partition coefficient (Wildman–Crippen LogP) is -0.366. The fraction of sp³-hybridized carbons (Fsp3) is 0.316. The van der Waals surface area contributed by atoms with Gasteiger partial charge in [-0.05, 0) is 34.2 Å². The van der Waals surface area contributed by atoms with Crippen LogP contribution in [0.2, 0.25) is 0 Å². The van der Waals surface area contributed by atoms with E-state index < -0.39 is 34.9 Å². The Labute approximate surface area is 206 Å². The molecule has 184 valence electrons. The molecule has 4 rings (SSSR count). The molecular weight excluding hydrogens is 502 g/mol. The second-order valence-corrected chi connectivity index (χ2v) is 9.37. The van der Waals surface area contributed by atoms with Crippen molar-refractivity contribution in [2.75, 3.05) is 18.6 Å². The fourth-order valence-corrected chi connectivity index (χ4v) is 5.89. The van der Waals surface area contributed by atoms with Gasteiger partial charge in [-0.2, -0.15) is 0 Å². The van der Waals surface area contributed by atoms with Gasteiger partial charge in [0.25, 0.3) is 11.8 Å². The number of aliphatic carboxylic acids is 1. The molecule has 1 fully saturated rings. The van der Waals surface area contributed by atoms with E-state index in [1.165, 1.54) is 53.5 Å². The number of carboxylic acid groups (broad SMARTS) is 1. The highest BCUT2D eigenvalue weighted by Gasteiger charge is 2.54. The number of phenolic OH excluding ortho intramolecular Hbond substituents is 1. The molecule has 0 spiro atoms. The lowest BCUT2D eigenvalue weighted by Crippen LogP contribution is -2.71. The third-order valence-corrected chi connectivity index (χ3v) is 7.70. The van der Waals surface area contributed by atoms with E-state index in [1.54, 1.807) is 7.05 Å². The van der Waals surface area contributed by atoms with Gasteiger partial charge in [-0.3, -0.25) is 14.5 Å². The maximum Gasteiger partial charge on any atom is 0.352 e. The van der Waals surface area contributed by atoms with Gasteiger partial charge in [0.15, 0.2) is 17.2 Å². The first-order chi connectivity index (χ1) is 16.8. The molecule has 0 aliphatic carbocycles. The number of ether oxygens (including phenoxy) is 1. The third kappa shape index (κ3) is 4.49. The summed E-state index contributed by atoms with van der Waals surface area (Å²) in [7, 11) is 2.98. The lowest BCUT2D eigenvalue weighted by Gasteiger charge is -2.49. The quantitative estimate of drug-likeness (QED) is 0.116. The SMILES string of the molecule is COc1cc(/C(=N\O)C(=O)NC2C(=O)N3C(C(=O)O)=C(CSc4nnnn4C)CSC23)ccc1O. The van der Waals surface area contributed by atoms with Gasteiger partial charge in [-0.15, -0.1) is 16.9 Å². The number of carbonyl (C=O) groups excluding carboxylic acids is 2. The Bertz CT molecular complexity index is 1260. The number of fused-ring (bicyclic) bond motifs is 1. The van der Waals surface area contributed by atoms with Crippen LogP contribution in [0.25, 0.3) is 0 Å². The van der Waals surface area contributed by atoms with Gasteiger partial charge in [0.05, 0.1) is 7.11 Å². The van der Waals surface area contributed by atoms with Crippen molar-refractivity contribution in [1.82, 2.24) is 30.4 Å². The van der Waals surface area contributed by atoms with Gasteiger partial charge in [-0.1, -0.05) is 16.9 Å². The van der Waals surface area contributed by atoms with E-state index in [9.17, 15) is 29.8 Å². The van der Waals surface area contributed by atoms with Crippen molar-refractivity contribution in [2.45, 2.75) is 16.6 Å². The smallest absolute Gasteiger partial charge is 0.352 e. The van der Waals surface area contributed by atoms with Gasteiger partial charge < -0.3 is 25.5 Å². The number of carboxylic acids is 1. The van der Waals surface area contributed by atoms with Crippen molar-refractivity contribution in [3.8, 4) is 11.5 Å². The maximum atomic E-state index is 12.9. The molecule has 0 saturated carbocycles. The first-order valence-corrected chi connectivity index (χ1v) is 12.0. The van der Waals surface area contributed by atoms with Crippen molar-refractivity contribution < 1.29 is 34.5 Å². The zero-order chi connectivity index (χ0) is 25.3. The van der Waals surface area contributed by atoms with Crippen LogP contribution in [-0.4, -0.2) is 94.1 Å². The van der Waals surface area contributed by atoms with Crippen molar-refractivity contribution in [2.24, 2.45) is 12.2 Å². The summed E-state index contributed by atoms with van der Waals surface area (Å²) in [5.41, 5.74) is 0.131. The molecule has 4 N–H and O–H groups in total. The molecule has 2 aromatic rings. The molecule has 16 heteroatoms. The number of tetrazole rings is 1. The molecule has 0 radical (unpaired) electrons. The average molecular weight is 522 g/mol. The van der Waals surface area contributed by atoms with Crippen LogP contribution in [0.5, 0.6) is 11.5 Å². The summed E-state index contributed by atoms with van der Waals surface area (Å²) < 4.78 is 6.45. The van der Waals surface area contributed by atoms with E-state index in [-0.39, 0.29) is 28.5 Å². The Morgan fingerprint density at radius 2 is 2.17 bits per heavy atom. The molecule has 2 aliphatic heterocycles. The Morgan fingerprint density at radius 3 is 2.80 bits per heavy atom. The Kier molecular flexibility index (Phi) is 6.83. The lowest BCUT2D eigenvalue weighted by atomic mass is 10.0. The number of β-lactam (4-membered cyclic amide) rings is 1. The number of hydrogen-bond donors (Lipinski definition) is 4. The van der Waals surface area contributed by atoms with E-state index >= 15 is 0 Å². The number of thioether (sulfide) groups is 2. The lowest BCUT2D eigenvalue weighted by molar-refractivity contribution is -0.150. The summed E-state index contributed by atoms with van der Waals surface area (Å²) in [4.78, 5) is 38.8. The number of nitrogens with one attached hydrogen (secondary N) is 1. The van der Waals surface area contributed by atoms with Crippen molar-refractivity contribution >= 4 is 47.0 Å². The summed E-state index contributed by atoms with van der Waals surface area (Å²) >= 11 is 2.55. The first kappa shape index (κ1) is 24.3. The maximum absolute atomic E-state index is 12.9. The molecule has 2 atom stereocenters. The largest absolute Gasteiger partial charge is 0.504 e. The standard InChI is InChI=1S/C19H19N7O7S2/c1-25-19(21-23-24-25)35-7-9-6-34-17-13(16(29)26(17)14(9)18(30)31)20-15(28)12(22-32)8-3-4-10(27)11(5-8)33-2/h3-5,13,17,27,32H,6-7H2,1-2H3,(H,20,28)(H,30,31)/b22-12+. The number of aromatic nitrogens is 4. The molecule has 2 amide bonds. The normalized spacial score (nSPS) is 19.8. The van der Waals surface area contributed by atoms with Crippen LogP contribution in [0.15, 0.2) is 39.8 Å². The number of benzene rings is 1. The molecule has 2 aliphatic rings. The summed E-state index contributed by atoms with van der Waals surface area (Å²) in [6, 6.07) is 2.89. The van der Waals surface area contributed by atoms with E-state index in [4.69, 9.17) is 4.74 Å². The molecule has 1 saturated heterocycles. The van der Waals surface area contributed by atoms with E-state index in [1.807, 2.05) is 0 Å². The number of methoxy groups -OCH3 is 1. The number of aryl methyl sites for hydroxylation is 1. The number of amides is 2. The van der Waals surface area contributed by atoms with Crippen LogP contribution in [0.4, 0.5) is 0 Å². The van der Waals surface area contributed by atoms with Crippen LogP contribution in [-0.2, 0) is 21.4 Å². The Balaban J connectivity index is 1.49. The fourth-order valence-electron chi connectivity index (χ4n) is 3.56. The number of aromatic hydroxyl groups is 1. The summed E-state index contributed by atoms with van der Waals surface area (Å²) in [6.07, 6.45) is 0. The van der Waals surface area contributed by atoms with E-state index in [2.05, 4.69) is 26.0 Å². The van der Waals surface area contributed by atoms with Crippen molar-refractivity contribution in [1.29, 1.82) is 0 Å². The minimum absolute atomic E-state index is 0.0592. The molecule has 1 aromatic carbocycles. The second-order valence-electron chi connectivity index (χ2n) is 7.33. The van der Waals surface area contributed by atoms with Crippen molar-refractivity contribution in [3.63, 3.8) is 0 Å². The molecule has 14 nitrogen and oxygen atoms in total. The van der Waals surface area contributed by atoms with Gasteiger partial charge in [-0.25, -0.2) is 9.48 Å². The monoisotopic (exact) mass is 521 g/mol. The zero-order valence-electron chi connectivity index (χ0n) is 18.3. The number of rotatable bonds is 8. The van der Waals surface area contributed by atoms with Crippen LogP contribution in [0.1, 0.15) is 5.56 Å². The Morgan fingerprint density at radius 1 is 1.40 bits per heavy atom. The third-order valence-electron chi connectivity index (χ3n) is 5.26. The molecule has 0 bridgehead atoms. The number of carbonyl (C=O) groups is 3. The molecule has 1 aromatic heterocycles. The van der Waals surface area contributed by atoms with Gasteiger partial charge in [0.2, 0.25) is 5.16 Å². The summed E-state index contributed by atoms with van der Waals surface area (Å²) in [5, 5.41) is 45.4. The van der Waals surface area contributed by atoms with Gasteiger partial charge in [0.1, 0.15) is 17.1 Å². The van der Waals surface area contributed by atoms with Crippen LogP contribution >= 0.6 is 23.5 Å². The summed E-state index contributed by atoms with van der Waals surface area (Å²) in [5.74, 6) is -2.24. The van der Waals surface area contributed by atoms with Gasteiger partial charge >= 0.3 is 5.97 Å². The minimum atomic E-state index is -1.26. The summed E-state index contributed by atoms with van der Waals surface area (Å²) in [6.45, 7) is 0. The van der Waals surface area contributed by atoms with E-state index in [0.29, 0.717) is 16.5 Å². The van der Waals surface area contributed by atoms with E-state index in [0.717, 1.165) is 4.90 Å². The van der Waals surface area contributed by atoms with Crippen LogP contribution in [0.3, 0.4) is 0 Å². The number of hydrogen-bond acceptors (Lipinski definition) is 12. The number of oxime groups is 1. The highest BCUT2D eigenvalue weighted by Crippen LogP contribution is 2.41. The molecule has 2 unspecified atom stereocenters. The van der Waals surface area contributed by atoms with Crippen LogP contribution < -0.4 is 10.1 Å². The van der Waals surface area contributed by atoms with Crippen molar-refractivity contribution in [3.05, 3.63) is 35.0 Å². The Hall–Kier alpha value is -3.79. The minimum Gasteiger partial charge on any atom is -0.504 e. The van der Waals surface area contributed by atoms with Crippen LogP contribution in [0, 0.1) is 0 Å². The zero-order valence-corrected chi connectivity index (χ0v) is 19.9. The second kappa shape index (κ2) is 9.83. The highest BCUT2D eigenvalue weighted by atomic mass is 32.2. The first-order valence-electron chi connectivity index (χ1n) is 9.92. The highest BCUT2D eigenvalue weighted by molar-refractivity contribution is 8.01. The predicted molar refractivity (Wildman–Crippen MR) is 122 cm³/mol. The average Bonchev–Trinajstić information content (AvgIpc) is 3.26. The number of phenols is 1. The molecule has 35 heavy (non-hydrogen) atoms. The topological polar surface area (TPSA) is 192 Å². The van der Waals surface area contributed by atoms with Gasteiger partial charge in [0, 0.05) is 24.1 Å². The molecular formula is C19H19N7O7S2. The molecule has 3 heterocycles.